The minimum absolute atomic E-state index is 0.00636. The number of ether oxygens (including phenoxy) is 3. The lowest BCUT2D eigenvalue weighted by Gasteiger charge is -2.33. The number of esters is 3. The summed E-state index contributed by atoms with van der Waals surface area (Å²) in [6.45, 7) is 7.18. The molecular weight excluding hydrogens is 420 g/mol. The molecular formula is C19H34O6S3. The molecule has 0 aliphatic carbocycles. The lowest BCUT2D eigenvalue weighted by molar-refractivity contribution is -0.162. The summed E-state index contributed by atoms with van der Waals surface area (Å²) in [6, 6.07) is 0. The van der Waals surface area contributed by atoms with Crippen molar-refractivity contribution in [1.29, 1.82) is 0 Å². The Hall–Kier alpha value is -0.540. The third-order valence-corrected chi connectivity index (χ3v) is 4.55. The van der Waals surface area contributed by atoms with Crippen molar-refractivity contribution in [2.45, 2.75) is 75.5 Å². The van der Waals surface area contributed by atoms with Crippen LogP contribution in [-0.4, -0.2) is 53.5 Å². The second kappa shape index (κ2) is 14.4. The Bertz CT molecular complexity index is 468. The SMILES string of the molecule is CCC(=O)OCC(CCC(C)S)(COC(=O)CC(C)S)COC(=O)CC(C)S. The van der Waals surface area contributed by atoms with Gasteiger partial charge in [-0.25, -0.2) is 0 Å². The van der Waals surface area contributed by atoms with Crippen molar-refractivity contribution in [3.05, 3.63) is 0 Å². The normalized spacial score (nSPS) is 16.4. The van der Waals surface area contributed by atoms with E-state index in [1.54, 1.807) is 20.8 Å². The monoisotopic (exact) mass is 454 g/mol. The van der Waals surface area contributed by atoms with Crippen LogP contribution < -0.4 is 0 Å². The molecule has 0 N–H and O–H groups in total. The lowest BCUT2D eigenvalue weighted by atomic mass is 9.85. The van der Waals surface area contributed by atoms with E-state index in [1.165, 1.54) is 0 Å². The van der Waals surface area contributed by atoms with Crippen molar-refractivity contribution in [2.75, 3.05) is 19.8 Å². The smallest absolute Gasteiger partial charge is 0.306 e. The van der Waals surface area contributed by atoms with Gasteiger partial charge in [0, 0.05) is 16.9 Å². The van der Waals surface area contributed by atoms with Gasteiger partial charge < -0.3 is 14.2 Å². The van der Waals surface area contributed by atoms with E-state index in [-0.39, 0.29) is 60.8 Å². The average molecular weight is 455 g/mol. The molecule has 3 unspecified atom stereocenters. The molecule has 6 nitrogen and oxygen atoms in total. The van der Waals surface area contributed by atoms with Crippen LogP contribution in [0.25, 0.3) is 0 Å². The summed E-state index contributed by atoms with van der Waals surface area (Å²) in [7, 11) is 0. The molecule has 0 saturated heterocycles. The van der Waals surface area contributed by atoms with Crippen molar-refractivity contribution in [1.82, 2.24) is 0 Å². The van der Waals surface area contributed by atoms with Gasteiger partial charge in [0.2, 0.25) is 0 Å². The molecule has 0 aliphatic heterocycles. The van der Waals surface area contributed by atoms with Gasteiger partial charge in [-0.1, -0.05) is 27.7 Å². The van der Waals surface area contributed by atoms with Crippen LogP contribution in [0.3, 0.4) is 0 Å². The van der Waals surface area contributed by atoms with Crippen molar-refractivity contribution in [2.24, 2.45) is 5.41 Å². The number of hydrogen-bond acceptors (Lipinski definition) is 9. The van der Waals surface area contributed by atoms with Crippen LogP contribution in [0, 0.1) is 5.41 Å². The quantitative estimate of drug-likeness (QED) is 0.212. The summed E-state index contributed by atoms with van der Waals surface area (Å²) in [5, 5.41) is -0.179. The summed E-state index contributed by atoms with van der Waals surface area (Å²) < 4.78 is 16.2. The van der Waals surface area contributed by atoms with Gasteiger partial charge in [-0.2, -0.15) is 37.9 Å². The summed E-state index contributed by atoms with van der Waals surface area (Å²) in [6.07, 6.45) is 1.74. The fraction of sp³-hybridized carbons (Fsp3) is 0.842. The van der Waals surface area contributed by atoms with E-state index in [9.17, 15) is 14.4 Å². The second-order valence-electron chi connectivity index (χ2n) is 7.33. The van der Waals surface area contributed by atoms with E-state index in [4.69, 9.17) is 14.2 Å². The predicted octanol–water partition coefficient (Wildman–Crippen LogP) is 3.53. The molecule has 0 spiro atoms. The van der Waals surface area contributed by atoms with Crippen LogP contribution in [-0.2, 0) is 28.6 Å². The Balaban J connectivity index is 5.28. The van der Waals surface area contributed by atoms with Gasteiger partial charge in [0.15, 0.2) is 0 Å². The van der Waals surface area contributed by atoms with Gasteiger partial charge in [-0.05, 0) is 18.1 Å². The van der Waals surface area contributed by atoms with Crippen molar-refractivity contribution in [3.8, 4) is 0 Å². The molecule has 0 bridgehead atoms. The highest BCUT2D eigenvalue weighted by atomic mass is 32.1. The number of rotatable bonds is 14. The molecule has 164 valence electrons. The highest BCUT2D eigenvalue weighted by molar-refractivity contribution is 7.81. The second-order valence-corrected chi connectivity index (χ2v) is 9.97. The number of hydrogen-bond donors (Lipinski definition) is 3. The molecule has 3 atom stereocenters. The van der Waals surface area contributed by atoms with Gasteiger partial charge >= 0.3 is 17.9 Å². The highest BCUT2D eigenvalue weighted by Crippen LogP contribution is 2.29. The molecule has 0 rings (SSSR count). The van der Waals surface area contributed by atoms with Gasteiger partial charge in [-0.15, -0.1) is 0 Å². The van der Waals surface area contributed by atoms with E-state index in [2.05, 4.69) is 37.9 Å². The predicted molar refractivity (Wildman–Crippen MR) is 119 cm³/mol. The number of carbonyl (C=O) groups excluding carboxylic acids is 3. The van der Waals surface area contributed by atoms with Crippen LogP contribution in [0.4, 0.5) is 0 Å². The van der Waals surface area contributed by atoms with Crippen LogP contribution in [0.2, 0.25) is 0 Å². The Morgan fingerprint density at radius 1 is 0.750 bits per heavy atom. The third kappa shape index (κ3) is 13.6. The molecule has 0 aromatic carbocycles. The number of thiol groups is 3. The van der Waals surface area contributed by atoms with E-state index < -0.39 is 17.4 Å². The van der Waals surface area contributed by atoms with Crippen LogP contribution in [0.5, 0.6) is 0 Å². The minimum atomic E-state index is -0.827. The zero-order valence-electron chi connectivity index (χ0n) is 17.2. The van der Waals surface area contributed by atoms with Crippen LogP contribution in [0.1, 0.15) is 59.8 Å². The molecule has 0 aliphatic rings. The van der Waals surface area contributed by atoms with Crippen molar-refractivity contribution < 1.29 is 28.6 Å². The van der Waals surface area contributed by atoms with Crippen LogP contribution in [0.15, 0.2) is 0 Å². The maximum absolute atomic E-state index is 12.0. The molecule has 0 aromatic heterocycles. The van der Waals surface area contributed by atoms with Gasteiger partial charge in [-0.3, -0.25) is 14.4 Å². The first-order valence-electron chi connectivity index (χ1n) is 9.50. The number of carbonyl (C=O) groups is 3. The first-order chi connectivity index (χ1) is 13.0. The van der Waals surface area contributed by atoms with Crippen molar-refractivity contribution in [3.63, 3.8) is 0 Å². The third-order valence-electron chi connectivity index (χ3n) is 3.92. The van der Waals surface area contributed by atoms with E-state index in [1.807, 2.05) is 6.92 Å². The summed E-state index contributed by atoms with van der Waals surface area (Å²) in [5.41, 5.74) is -0.827. The summed E-state index contributed by atoms with van der Waals surface area (Å²) >= 11 is 12.8. The maximum atomic E-state index is 12.0. The fourth-order valence-corrected chi connectivity index (χ4v) is 2.69. The van der Waals surface area contributed by atoms with E-state index in [0.717, 1.165) is 0 Å². The van der Waals surface area contributed by atoms with E-state index >= 15 is 0 Å². The standard InChI is InChI=1S/C19H34O6S3/c1-5-16(20)23-10-19(7-6-13(2)26,11-24-17(21)8-14(3)27)12-25-18(22)9-15(4)28/h13-15,26-28H,5-12H2,1-4H3. The Labute approximate surface area is 185 Å². The Kier molecular flexibility index (Phi) is 14.2. The summed E-state index contributed by atoms with van der Waals surface area (Å²) in [4.78, 5) is 35.7. The fourth-order valence-electron chi connectivity index (χ4n) is 2.26. The van der Waals surface area contributed by atoms with E-state index in [0.29, 0.717) is 12.8 Å². The first-order valence-corrected chi connectivity index (χ1v) is 11.1. The first kappa shape index (κ1) is 27.5. The van der Waals surface area contributed by atoms with Gasteiger partial charge in [0.05, 0.1) is 18.3 Å². The maximum Gasteiger partial charge on any atom is 0.306 e. The van der Waals surface area contributed by atoms with Crippen molar-refractivity contribution >= 4 is 55.8 Å². The summed E-state index contributed by atoms with van der Waals surface area (Å²) in [5.74, 6) is -1.17. The van der Waals surface area contributed by atoms with Crippen LogP contribution >= 0.6 is 37.9 Å². The lowest BCUT2D eigenvalue weighted by Crippen LogP contribution is -2.40. The average Bonchev–Trinajstić information content (AvgIpc) is 2.58. The zero-order valence-corrected chi connectivity index (χ0v) is 19.9. The zero-order chi connectivity index (χ0) is 21.7. The Morgan fingerprint density at radius 2 is 1.14 bits per heavy atom. The largest absolute Gasteiger partial charge is 0.465 e. The highest BCUT2D eigenvalue weighted by Gasteiger charge is 2.36. The molecule has 0 fully saturated rings. The molecule has 0 aromatic rings. The molecule has 9 heteroatoms. The molecule has 0 heterocycles. The van der Waals surface area contributed by atoms with Gasteiger partial charge in [0.25, 0.3) is 0 Å². The molecule has 28 heavy (non-hydrogen) atoms. The topological polar surface area (TPSA) is 78.9 Å². The minimum Gasteiger partial charge on any atom is -0.465 e. The van der Waals surface area contributed by atoms with Gasteiger partial charge in [0.1, 0.15) is 19.8 Å². The molecule has 0 saturated carbocycles. The molecule has 0 amide bonds. The molecule has 0 radical (unpaired) electrons. The Morgan fingerprint density at radius 3 is 1.46 bits per heavy atom.